The summed E-state index contributed by atoms with van der Waals surface area (Å²) in [5.74, 6) is 0.897. The molecule has 1 fully saturated rings. The number of nitrogens with one attached hydrogen (secondary N) is 1. The van der Waals surface area contributed by atoms with E-state index in [1.165, 1.54) is 49.6 Å². The Morgan fingerprint density at radius 3 is 2.43 bits per heavy atom. The predicted octanol–water partition coefficient (Wildman–Crippen LogP) is 7.52. The van der Waals surface area contributed by atoms with Crippen molar-refractivity contribution in [2.45, 2.75) is 45.6 Å². The first-order chi connectivity index (χ1) is 22.8. The van der Waals surface area contributed by atoms with Gasteiger partial charge in [-0.2, -0.15) is 4.98 Å². The summed E-state index contributed by atoms with van der Waals surface area (Å²) in [5, 5.41) is 13.7. The minimum Gasteiger partial charge on any atom is -0.497 e. The van der Waals surface area contributed by atoms with E-state index in [1.54, 1.807) is 37.4 Å². The molecule has 2 N–H and O–H groups in total. The van der Waals surface area contributed by atoms with Crippen LogP contribution in [0.5, 0.6) is 17.2 Å². The van der Waals surface area contributed by atoms with Crippen LogP contribution in [0.25, 0.3) is 0 Å². The lowest BCUT2D eigenvalue weighted by Gasteiger charge is -2.32. The highest BCUT2D eigenvalue weighted by atomic mass is 19.1. The van der Waals surface area contributed by atoms with E-state index in [1.807, 2.05) is 32.0 Å². The standard InChI is InChI=1S/C36H42FN5O5/c1-24-10-8-11-25(2)33(24)34(28-23-27(45-3)13-15-30(28)46-4)42(36(43)44)32-16-17-38-35(40-32)39-26-12-14-31(29(37)22-26)47-21-9-20-41-18-6-5-7-19-41/h8,10-17,22-23,34H,5-7,9,18-21H2,1-4H3,(H,43,44)(H,38,39,40). The predicted molar refractivity (Wildman–Crippen MR) is 180 cm³/mol. The van der Waals surface area contributed by atoms with Crippen molar-refractivity contribution in [3.05, 3.63) is 94.9 Å². The number of halogens is 1. The second-order valence-corrected chi connectivity index (χ2v) is 11.6. The third-order valence-corrected chi connectivity index (χ3v) is 8.41. The number of likely N-dealkylation sites (tertiary alicyclic amines) is 1. The first-order valence-corrected chi connectivity index (χ1v) is 15.8. The molecule has 1 atom stereocenters. The molecule has 0 spiro atoms. The van der Waals surface area contributed by atoms with Gasteiger partial charge in [-0.3, -0.25) is 0 Å². The minimum absolute atomic E-state index is 0.0983. The molecule has 47 heavy (non-hydrogen) atoms. The molecule has 10 nitrogen and oxygen atoms in total. The zero-order valence-corrected chi connectivity index (χ0v) is 27.3. The number of aryl methyl sites for hydroxylation is 2. The van der Waals surface area contributed by atoms with E-state index in [9.17, 15) is 9.90 Å². The number of hydrogen-bond donors (Lipinski definition) is 2. The van der Waals surface area contributed by atoms with Crippen LogP contribution in [0, 0.1) is 19.7 Å². The van der Waals surface area contributed by atoms with Crippen LogP contribution in [0.1, 0.15) is 54.0 Å². The second kappa shape index (κ2) is 15.6. The van der Waals surface area contributed by atoms with Crippen LogP contribution < -0.4 is 24.4 Å². The van der Waals surface area contributed by atoms with Crippen LogP contribution in [0.2, 0.25) is 0 Å². The Morgan fingerprint density at radius 1 is 1.00 bits per heavy atom. The molecule has 248 valence electrons. The van der Waals surface area contributed by atoms with E-state index in [2.05, 4.69) is 20.2 Å². The van der Waals surface area contributed by atoms with Gasteiger partial charge in [-0.05, 0) is 99.3 Å². The van der Waals surface area contributed by atoms with Crippen molar-refractivity contribution in [3.63, 3.8) is 0 Å². The van der Waals surface area contributed by atoms with Gasteiger partial charge in [0.1, 0.15) is 17.3 Å². The van der Waals surface area contributed by atoms with E-state index in [0.717, 1.165) is 42.7 Å². The third kappa shape index (κ3) is 8.10. The highest BCUT2D eigenvalue weighted by Gasteiger charge is 2.34. The van der Waals surface area contributed by atoms with E-state index in [-0.39, 0.29) is 17.5 Å². The van der Waals surface area contributed by atoms with Gasteiger partial charge in [-0.15, -0.1) is 0 Å². The molecule has 3 aromatic carbocycles. The minimum atomic E-state index is -1.24. The first-order valence-electron chi connectivity index (χ1n) is 15.8. The summed E-state index contributed by atoms with van der Waals surface area (Å²) in [6.45, 7) is 7.47. The Kier molecular flexibility index (Phi) is 11.1. The Labute approximate surface area is 275 Å². The van der Waals surface area contributed by atoms with Crippen molar-refractivity contribution in [3.8, 4) is 17.2 Å². The molecule has 0 radical (unpaired) electrons. The Bertz CT molecular complexity index is 1660. The highest BCUT2D eigenvalue weighted by molar-refractivity contribution is 5.87. The van der Waals surface area contributed by atoms with Gasteiger partial charge >= 0.3 is 6.09 Å². The monoisotopic (exact) mass is 643 g/mol. The molecule has 2 heterocycles. The Balaban J connectivity index is 1.41. The number of nitrogens with zero attached hydrogens (tertiary/aromatic N) is 4. The van der Waals surface area contributed by atoms with Crippen LogP contribution in [0.15, 0.2) is 66.9 Å². The molecular weight excluding hydrogens is 601 g/mol. The Hall–Kier alpha value is -4.90. The lowest BCUT2D eigenvalue weighted by Crippen LogP contribution is -2.36. The summed E-state index contributed by atoms with van der Waals surface area (Å²) >= 11 is 0. The maximum atomic E-state index is 15.0. The smallest absolute Gasteiger partial charge is 0.413 e. The van der Waals surface area contributed by atoms with Crippen LogP contribution >= 0.6 is 0 Å². The van der Waals surface area contributed by atoms with Crippen molar-refractivity contribution < 1.29 is 28.5 Å². The number of piperidine rings is 1. The maximum Gasteiger partial charge on any atom is 0.413 e. The van der Waals surface area contributed by atoms with E-state index >= 15 is 4.39 Å². The molecule has 0 bridgehead atoms. The van der Waals surface area contributed by atoms with E-state index in [0.29, 0.717) is 29.4 Å². The second-order valence-electron chi connectivity index (χ2n) is 11.6. The van der Waals surface area contributed by atoms with E-state index < -0.39 is 18.0 Å². The number of anilines is 3. The largest absolute Gasteiger partial charge is 0.497 e. The number of benzene rings is 3. The van der Waals surface area contributed by atoms with E-state index in [4.69, 9.17) is 14.2 Å². The SMILES string of the molecule is COc1ccc(OC)c(C(c2c(C)cccc2C)N(C(=O)O)c2ccnc(Nc3ccc(OCCCN4CCCCC4)c(F)c3)n2)c1. The number of ether oxygens (including phenoxy) is 3. The van der Waals surface area contributed by atoms with Crippen molar-refractivity contribution in [1.29, 1.82) is 0 Å². The molecule has 4 aromatic rings. The summed E-state index contributed by atoms with van der Waals surface area (Å²) < 4.78 is 31.9. The van der Waals surface area contributed by atoms with Gasteiger partial charge in [0.25, 0.3) is 0 Å². The van der Waals surface area contributed by atoms with Gasteiger partial charge in [0, 0.05) is 30.1 Å². The highest BCUT2D eigenvalue weighted by Crippen LogP contribution is 2.41. The number of rotatable bonds is 13. The lowest BCUT2D eigenvalue weighted by molar-refractivity contribution is 0.199. The number of hydrogen-bond acceptors (Lipinski definition) is 8. The average molecular weight is 644 g/mol. The third-order valence-electron chi connectivity index (χ3n) is 8.41. The fourth-order valence-electron chi connectivity index (χ4n) is 6.10. The molecule has 1 aliphatic rings. The van der Waals surface area contributed by atoms with Gasteiger partial charge in [-0.25, -0.2) is 19.1 Å². The van der Waals surface area contributed by atoms with Crippen LogP contribution in [-0.2, 0) is 0 Å². The van der Waals surface area contributed by atoms with Gasteiger partial charge in [0.2, 0.25) is 5.95 Å². The molecule has 1 saturated heterocycles. The van der Waals surface area contributed by atoms with Gasteiger partial charge < -0.3 is 29.5 Å². The van der Waals surface area contributed by atoms with Gasteiger partial charge in [0.05, 0.1) is 26.9 Å². The fraction of sp³-hybridized carbons (Fsp3) is 0.361. The van der Waals surface area contributed by atoms with Gasteiger partial charge in [0.15, 0.2) is 11.6 Å². The number of carbonyl (C=O) groups is 1. The molecular formula is C36H42FN5O5. The number of amides is 1. The summed E-state index contributed by atoms with van der Waals surface area (Å²) in [5.41, 5.74) is 3.53. The van der Waals surface area contributed by atoms with Crippen molar-refractivity contribution in [1.82, 2.24) is 14.9 Å². The molecule has 5 rings (SSSR count). The van der Waals surface area contributed by atoms with Crippen LogP contribution in [-0.4, -0.2) is 66.5 Å². The quantitative estimate of drug-likeness (QED) is 0.143. The van der Waals surface area contributed by atoms with Crippen molar-refractivity contribution in [2.75, 3.05) is 50.7 Å². The van der Waals surface area contributed by atoms with Gasteiger partial charge in [-0.1, -0.05) is 24.6 Å². The van der Waals surface area contributed by atoms with Crippen LogP contribution in [0.3, 0.4) is 0 Å². The Morgan fingerprint density at radius 2 is 1.74 bits per heavy atom. The molecule has 0 saturated carbocycles. The number of methoxy groups -OCH3 is 2. The maximum absolute atomic E-state index is 15.0. The molecule has 11 heteroatoms. The zero-order chi connectivity index (χ0) is 33.3. The molecule has 0 aliphatic carbocycles. The molecule has 1 amide bonds. The summed E-state index contributed by atoms with van der Waals surface area (Å²) in [6.07, 6.45) is 4.80. The van der Waals surface area contributed by atoms with Crippen molar-refractivity contribution in [2.24, 2.45) is 0 Å². The molecule has 1 aliphatic heterocycles. The lowest BCUT2D eigenvalue weighted by atomic mass is 9.89. The summed E-state index contributed by atoms with van der Waals surface area (Å²) in [4.78, 5) is 25.6. The number of aromatic nitrogens is 2. The first kappa shape index (κ1) is 33.5. The number of carboxylic acid groups (broad SMARTS) is 1. The van der Waals surface area contributed by atoms with Crippen molar-refractivity contribution >= 4 is 23.5 Å². The molecule has 1 unspecified atom stereocenters. The van der Waals surface area contributed by atoms with Crippen LogP contribution in [0.4, 0.5) is 26.6 Å². The zero-order valence-electron chi connectivity index (χ0n) is 27.3. The normalized spacial score (nSPS) is 13.9. The summed E-state index contributed by atoms with van der Waals surface area (Å²) in [7, 11) is 3.09. The molecule has 1 aromatic heterocycles. The average Bonchev–Trinajstić information content (AvgIpc) is 3.07. The topological polar surface area (TPSA) is 109 Å². The summed E-state index contributed by atoms with van der Waals surface area (Å²) in [6, 6.07) is 16.3. The fourth-order valence-corrected chi connectivity index (χ4v) is 6.10.